The first-order valence-corrected chi connectivity index (χ1v) is 7.98. The van der Waals surface area contributed by atoms with Gasteiger partial charge < -0.3 is 38.6 Å². The fraction of sp³-hybridized carbons (Fsp3) is 0.368. The molecule has 0 amide bonds. The minimum absolute atomic E-state index is 0.0741. The Morgan fingerprint density at radius 2 is 0.889 bits per heavy atom. The van der Waals surface area contributed by atoms with Crippen molar-refractivity contribution in [3.8, 4) is 46.0 Å². The molecule has 0 radical (unpaired) electrons. The summed E-state index contributed by atoms with van der Waals surface area (Å²) in [5, 5.41) is 21.0. The number of phenols is 2. The van der Waals surface area contributed by atoms with E-state index in [1.807, 2.05) is 0 Å². The van der Waals surface area contributed by atoms with Crippen LogP contribution in [0.5, 0.6) is 46.0 Å². The summed E-state index contributed by atoms with van der Waals surface area (Å²) in [6.07, 6.45) is 0.0741. The van der Waals surface area contributed by atoms with E-state index >= 15 is 0 Å². The number of rotatable bonds is 8. The Bertz CT molecular complexity index is 749. The molecule has 8 heteroatoms. The van der Waals surface area contributed by atoms with Crippen LogP contribution in [0.2, 0.25) is 0 Å². The third-order valence-corrected chi connectivity index (χ3v) is 4.17. The minimum Gasteiger partial charge on any atom is -0.507 e. The summed E-state index contributed by atoms with van der Waals surface area (Å²) in [6, 6.07) is 2.84. The second kappa shape index (κ2) is 8.48. The first-order valence-electron chi connectivity index (χ1n) is 7.98. The number of ether oxygens (including phenoxy) is 6. The standard InChI is InChI=1S/C19H24O8/c1-22-14-8-12(20)10(16(24-3)18(14)26-5)7-11-13(21)9-15(23-2)19(27-6)17(11)25-4/h8-9,20-21H,7H2,1-6H3. The number of hydrogen-bond acceptors (Lipinski definition) is 8. The second-order valence-electron chi connectivity index (χ2n) is 5.46. The lowest BCUT2D eigenvalue weighted by Crippen LogP contribution is -2.03. The van der Waals surface area contributed by atoms with E-state index in [1.165, 1.54) is 54.8 Å². The van der Waals surface area contributed by atoms with E-state index in [-0.39, 0.29) is 29.4 Å². The van der Waals surface area contributed by atoms with Gasteiger partial charge in [0.05, 0.1) is 42.7 Å². The molecule has 0 saturated heterocycles. The molecule has 0 bridgehead atoms. The summed E-state index contributed by atoms with van der Waals surface area (Å²) in [6.45, 7) is 0. The quantitative estimate of drug-likeness (QED) is 0.722. The molecule has 0 aliphatic rings. The Morgan fingerprint density at radius 1 is 0.556 bits per heavy atom. The zero-order valence-electron chi connectivity index (χ0n) is 16.2. The van der Waals surface area contributed by atoms with Gasteiger partial charge in [0.25, 0.3) is 0 Å². The van der Waals surface area contributed by atoms with Crippen molar-refractivity contribution >= 4 is 0 Å². The molecule has 0 aromatic heterocycles. The number of methoxy groups -OCH3 is 6. The number of aromatic hydroxyl groups is 2. The van der Waals surface area contributed by atoms with Gasteiger partial charge in [0.15, 0.2) is 23.0 Å². The predicted molar refractivity (Wildman–Crippen MR) is 98.3 cm³/mol. The molecule has 0 aliphatic heterocycles. The normalized spacial score (nSPS) is 10.3. The lowest BCUT2D eigenvalue weighted by atomic mass is 9.99. The van der Waals surface area contributed by atoms with Gasteiger partial charge in [0.2, 0.25) is 11.5 Å². The van der Waals surface area contributed by atoms with Gasteiger partial charge in [-0.15, -0.1) is 0 Å². The average Bonchev–Trinajstić information content (AvgIpc) is 2.68. The van der Waals surface area contributed by atoms with Crippen LogP contribution in [-0.2, 0) is 6.42 Å². The summed E-state index contributed by atoms with van der Waals surface area (Å²) in [4.78, 5) is 0. The molecule has 0 unspecified atom stereocenters. The maximum atomic E-state index is 10.5. The summed E-state index contributed by atoms with van der Waals surface area (Å²) >= 11 is 0. The molecule has 2 N–H and O–H groups in total. The third kappa shape index (κ3) is 3.55. The van der Waals surface area contributed by atoms with Gasteiger partial charge in [-0.2, -0.15) is 0 Å². The second-order valence-corrected chi connectivity index (χ2v) is 5.46. The maximum Gasteiger partial charge on any atom is 0.203 e. The third-order valence-electron chi connectivity index (χ3n) is 4.17. The summed E-state index contributed by atoms with van der Waals surface area (Å²) < 4.78 is 32.0. The minimum atomic E-state index is -0.0827. The van der Waals surface area contributed by atoms with Crippen LogP contribution >= 0.6 is 0 Å². The Morgan fingerprint density at radius 3 is 1.15 bits per heavy atom. The SMILES string of the molecule is COc1cc(O)c(Cc2c(O)cc(OC)c(OC)c2OC)c(OC)c1OC. The first kappa shape index (κ1) is 20.2. The molecule has 0 aliphatic carbocycles. The molecular weight excluding hydrogens is 356 g/mol. The van der Waals surface area contributed by atoms with Crippen LogP contribution in [0.25, 0.3) is 0 Å². The molecule has 0 atom stereocenters. The van der Waals surface area contributed by atoms with Crippen molar-refractivity contribution in [1.29, 1.82) is 0 Å². The first-order chi connectivity index (χ1) is 13.0. The van der Waals surface area contributed by atoms with Gasteiger partial charge >= 0.3 is 0 Å². The van der Waals surface area contributed by atoms with Crippen LogP contribution < -0.4 is 28.4 Å². The van der Waals surface area contributed by atoms with E-state index in [9.17, 15) is 10.2 Å². The molecule has 8 nitrogen and oxygen atoms in total. The van der Waals surface area contributed by atoms with Crippen molar-refractivity contribution < 1.29 is 38.6 Å². The van der Waals surface area contributed by atoms with E-state index in [2.05, 4.69) is 0 Å². The average molecular weight is 380 g/mol. The monoisotopic (exact) mass is 380 g/mol. The molecule has 2 aromatic carbocycles. The van der Waals surface area contributed by atoms with Crippen LogP contribution in [0.4, 0.5) is 0 Å². The van der Waals surface area contributed by atoms with E-state index in [0.717, 1.165) is 0 Å². The molecule has 0 heterocycles. The van der Waals surface area contributed by atoms with Gasteiger partial charge in [-0.1, -0.05) is 0 Å². The zero-order valence-corrected chi connectivity index (χ0v) is 16.2. The molecule has 0 saturated carbocycles. The highest BCUT2D eigenvalue weighted by atomic mass is 16.5. The molecule has 27 heavy (non-hydrogen) atoms. The van der Waals surface area contributed by atoms with Crippen LogP contribution in [0, 0.1) is 0 Å². The Balaban J connectivity index is 2.70. The van der Waals surface area contributed by atoms with E-state index in [1.54, 1.807) is 0 Å². The van der Waals surface area contributed by atoms with Crippen molar-refractivity contribution in [2.24, 2.45) is 0 Å². The van der Waals surface area contributed by atoms with Crippen LogP contribution in [0.1, 0.15) is 11.1 Å². The lowest BCUT2D eigenvalue weighted by Gasteiger charge is -2.20. The summed E-state index contributed by atoms with van der Waals surface area (Å²) in [7, 11) is 8.75. The van der Waals surface area contributed by atoms with Gasteiger partial charge in [-0.25, -0.2) is 0 Å². The molecule has 148 valence electrons. The lowest BCUT2D eigenvalue weighted by molar-refractivity contribution is 0.314. The van der Waals surface area contributed by atoms with Gasteiger partial charge in [-0.05, 0) is 0 Å². The fourth-order valence-electron chi connectivity index (χ4n) is 2.92. The van der Waals surface area contributed by atoms with Crippen LogP contribution in [0.15, 0.2) is 12.1 Å². The summed E-state index contributed by atoms with van der Waals surface area (Å²) in [5.41, 5.74) is 0.770. The Labute approximate surface area is 157 Å². The number of hydrogen-bond donors (Lipinski definition) is 2. The van der Waals surface area contributed by atoms with Crippen molar-refractivity contribution in [3.05, 3.63) is 23.3 Å². The molecule has 0 spiro atoms. The van der Waals surface area contributed by atoms with E-state index in [4.69, 9.17) is 28.4 Å². The maximum absolute atomic E-state index is 10.5. The van der Waals surface area contributed by atoms with Crippen molar-refractivity contribution in [1.82, 2.24) is 0 Å². The van der Waals surface area contributed by atoms with Gasteiger partial charge in [0, 0.05) is 29.7 Å². The summed E-state index contributed by atoms with van der Waals surface area (Å²) in [5.74, 6) is 1.69. The largest absolute Gasteiger partial charge is 0.507 e. The fourth-order valence-corrected chi connectivity index (χ4v) is 2.92. The molecular formula is C19H24O8. The van der Waals surface area contributed by atoms with Crippen molar-refractivity contribution in [2.45, 2.75) is 6.42 Å². The van der Waals surface area contributed by atoms with Crippen molar-refractivity contribution in [2.75, 3.05) is 42.7 Å². The van der Waals surface area contributed by atoms with Crippen LogP contribution in [0.3, 0.4) is 0 Å². The highest BCUT2D eigenvalue weighted by Crippen LogP contribution is 2.50. The molecule has 2 rings (SSSR count). The van der Waals surface area contributed by atoms with Gasteiger partial charge in [0.1, 0.15) is 11.5 Å². The van der Waals surface area contributed by atoms with Crippen molar-refractivity contribution in [3.63, 3.8) is 0 Å². The highest BCUT2D eigenvalue weighted by molar-refractivity contribution is 5.66. The highest BCUT2D eigenvalue weighted by Gasteiger charge is 2.26. The topological polar surface area (TPSA) is 95.8 Å². The van der Waals surface area contributed by atoms with E-state index in [0.29, 0.717) is 34.1 Å². The zero-order chi connectivity index (χ0) is 20.1. The Kier molecular flexibility index (Phi) is 6.33. The van der Waals surface area contributed by atoms with E-state index < -0.39 is 0 Å². The number of phenolic OH excluding ortho intramolecular Hbond substituents is 2. The smallest absolute Gasteiger partial charge is 0.203 e. The molecule has 2 aromatic rings. The van der Waals surface area contributed by atoms with Crippen LogP contribution in [-0.4, -0.2) is 52.9 Å². The number of benzene rings is 2. The molecule has 0 fully saturated rings. The Hall–Kier alpha value is -3.16. The predicted octanol–water partition coefficient (Wildman–Crippen LogP) is 2.74. The van der Waals surface area contributed by atoms with Gasteiger partial charge in [-0.3, -0.25) is 0 Å².